The van der Waals surface area contributed by atoms with E-state index in [1.807, 2.05) is 0 Å². The van der Waals surface area contributed by atoms with Gasteiger partial charge in [0, 0.05) is 5.92 Å². The molecule has 0 aromatic heterocycles. The molecule has 170 valence electrons. The van der Waals surface area contributed by atoms with Crippen molar-refractivity contribution in [2.24, 2.45) is 11.8 Å². The molecule has 1 atom stereocenters. The van der Waals surface area contributed by atoms with E-state index in [-0.39, 0.29) is 0 Å². The highest BCUT2D eigenvalue weighted by molar-refractivity contribution is 5.53. The molecule has 0 heterocycles. The summed E-state index contributed by atoms with van der Waals surface area (Å²) in [7, 11) is 0. The summed E-state index contributed by atoms with van der Waals surface area (Å²) in [5.41, 5.74) is 0. The van der Waals surface area contributed by atoms with Crippen LogP contribution < -0.4 is 0 Å². The maximum Gasteiger partial charge on any atom is 0.123 e. The first-order chi connectivity index (χ1) is 14.2. The standard InChI is InChI=1S/C28H52O/c1-4-5-6-7-8-9-10-11-12-13-14-15-18-21-24-28(26-29)25-22-19-16-17-20-23-27(2)3/h8-9,11-12,26-28H,4-7,10,13-25H2,1-3H3/b9-8-,12-11-. The highest BCUT2D eigenvalue weighted by Crippen LogP contribution is 2.18. The van der Waals surface area contributed by atoms with Crippen LogP contribution in [0.1, 0.15) is 136 Å². The van der Waals surface area contributed by atoms with E-state index in [1.54, 1.807) is 0 Å². The van der Waals surface area contributed by atoms with Crippen molar-refractivity contribution in [1.82, 2.24) is 0 Å². The molecule has 0 saturated carbocycles. The average Bonchev–Trinajstić information content (AvgIpc) is 2.71. The molecule has 0 aromatic rings. The van der Waals surface area contributed by atoms with Crippen molar-refractivity contribution < 1.29 is 4.79 Å². The Balaban J connectivity index is 3.42. The molecule has 0 aliphatic heterocycles. The van der Waals surface area contributed by atoms with Gasteiger partial charge in [-0.3, -0.25) is 0 Å². The predicted molar refractivity (Wildman–Crippen MR) is 131 cm³/mol. The van der Waals surface area contributed by atoms with Gasteiger partial charge in [0.2, 0.25) is 0 Å². The second-order valence-electron chi connectivity index (χ2n) is 9.30. The van der Waals surface area contributed by atoms with E-state index in [4.69, 9.17) is 0 Å². The van der Waals surface area contributed by atoms with Crippen LogP contribution in [0, 0.1) is 11.8 Å². The summed E-state index contributed by atoms with van der Waals surface area (Å²) in [6, 6.07) is 0. The lowest BCUT2D eigenvalue weighted by Gasteiger charge is -2.10. The second-order valence-corrected chi connectivity index (χ2v) is 9.30. The Bertz CT molecular complexity index is 380. The van der Waals surface area contributed by atoms with Crippen LogP contribution in [-0.4, -0.2) is 6.29 Å². The SMILES string of the molecule is CCCCC/C=C\C/C=C\CCCCCCC(C=O)CCCCCCCC(C)C. The van der Waals surface area contributed by atoms with E-state index < -0.39 is 0 Å². The number of aldehydes is 1. The highest BCUT2D eigenvalue weighted by Gasteiger charge is 2.06. The van der Waals surface area contributed by atoms with E-state index in [2.05, 4.69) is 45.1 Å². The third-order valence-electron chi connectivity index (χ3n) is 5.82. The first-order valence-corrected chi connectivity index (χ1v) is 13.0. The molecule has 1 heteroatoms. The minimum absolute atomic E-state index is 0.315. The summed E-state index contributed by atoms with van der Waals surface area (Å²) in [6.45, 7) is 6.87. The number of hydrogen-bond donors (Lipinski definition) is 0. The van der Waals surface area contributed by atoms with Gasteiger partial charge in [0.15, 0.2) is 0 Å². The first-order valence-electron chi connectivity index (χ1n) is 13.0. The fourth-order valence-electron chi connectivity index (χ4n) is 3.81. The van der Waals surface area contributed by atoms with E-state index in [1.165, 1.54) is 103 Å². The van der Waals surface area contributed by atoms with Gasteiger partial charge in [-0.2, -0.15) is 0 Å². The number of hydrogen-bond acceptors (Lipinski definition) is 1. The third kappa shape index (κ3) is 23.3. The monoisotopic (exact) mass is 404 g/mol. The molecular formula is C28H52O. The highest BCUT2D eigenvalue weighted by atomic mass is 16.1. The van der Waals surface area contributed by atoms with Crippen LogP contribution in [0.5, 0.6) is 0 Å². The molecule has 1 unspecified atom stereocenters. The molecule has 0 amide bonds. The van der Waals surface area contributed by atoms with Gasteiger partial charge in [-0.25, -0.2) is 0 Å². The largest absolute Gasteiger partial charge is 0.303 e. The first kappa shape index (κ1) is 28.1. The predicted octanol–water partition coefficient (Wildman–Crippen LogP) is 9.61. The summed E-state index contributed by atoms with van der Waals surface area (Å²) in [4.78, 5) is 11.3. The number of carbonyl (C=O) groups is 1. The van der Waals surface area contributed by atoms with Crippen molar-refractivity contribution in [3.05, 3.63) is 24.3 Å². The maximum atomic E-state index is 11.3. The number of unbranched alkanes of at least 4 members (excludes halogenated alkanes) is 11. The van der Waals surface area contributed by atoms with E-state index in [9.17, 15) is 4.79 Å². The van der Waals surface area contributed by atoms with Crippen LogP contribution >= 0.6 is 0 Å². The summed E-state index contributed by atoms with van der Waals surface area (Å²) >= 11 is 0. The zero-order chi connectivity index (χ0) is 21.4. The van der Waals surface area contributed by atoms with Gasteiger partial charge >= 0.3 is 0 Å². The second kappa shape index (κ2) is 23.4. The molecule has 0 radical (unpaired) electrons. The Kier molecular flexibility index (Phi) is 22.7. The Morgan fingerprint density at radius 3 is 1.59 bits per heavy atom. The third-order valence-corrected chi connectivity index (χ3v) is 5.82. The normalized spacial score (nSPS) is 13.1. The van der Waals surface area contributed by atoms with Crippen LogP contribution in [0.15, 0.2) is 24.3 Å². The molecule has 0 spiro atoms. The Morgan fingerprint density at radius 1 is 0.586 bits per heavy atom. The molecule has 0 aromatic carbocycles. The van der Waals surface area contributed by atoms with Gasteiger partial charge in [-0.1, -0.05) is 116 Å². The quantitative estimate of drug-likeness (QED) is 0.0996. The summed E-state index contributed by atoms with van der Waals surface area (Å²) in [6.07, 6.45) is 33.3. The molecular weight excluding hydrogens is 352 g/mol. The van der Waals surface area contributed by atoms with Crippen molar-refractivity contribution in [1.29, 1.82) is 0 Å². The lowest BCUT2D eigenvalue weighted by atomic mass is 9.95. The van der Waals surface area contributed by atoms with Crippen molar-refractivity contribution in [2.45, 2.75) is 136 Å². The van der Waals surface area contributed by atoms with E-state index in [0.29, 0.717) is 5.92 Å². The van der Waals surface area contributed by atoms with Crippen LogP contribution in [0.3, 0.4) is 0 Å². The van der Waals surface area contributed by atoms with Gasteiger partial charge in [-0.05, 0) is 50.9 Å². The van der Waals surface area contributed by atoms with Crippen LogP contribution in [0.25, 0.3) is 0 Å². The van der Waals surface area contributed by atoms with Crippen molar-refractivity contribution in [3.63, 3.8) is 0 Å². The van der Waals surface area contributed by atoms with E-state index in [0.717, 1.165) is 25.2 Å². The van der Waals surface area contributed by atoms with Crippen molar-refractivity contribution >= 4 is 6.29 Å². The number of carbonyl (C=O) groups excluding carboxylic acids is 1. The molecule has 0 N–H and O–H groups in total. The Morgan fingerprint density at radius 2 is 1.07 bits per heavy atom. The van der Waals surface area contributed by atoms with Crippen LogP contribution in [0.2, 0.25) is 0 Å². The van der Waals surface area contributed by atoms with Gasteiger partial charge in [-0.15, -0.1) is 0 Å². The van der Waals surface area contributed by atoms with Crippen LogP contribution in [0.4, 0.5) is 0 Å². The van der Waals surface area contributed by atoms with Gasteiger partial charge < -0.3 is 4.79 Å². The lowest BCUT2D eigenvalue weighted by Crippen LogP contribution is -2.02. The number of allylic oxidation sites excluding steroid dienone is 4. The molecule has 0 aliphatic carbocycles. The molecule has 0 bridgehead atoms. The fraction of sp³-hybridized carbons (Fsp3) is 0.821. The minimum atomic E-state index is 0.315. The maximum absolute atomic E-state index is 11.3. The van der Waals surface area contributed by atoms with Crippen LogP contribution in [-0.2, 0) is 4.79 Å². The minimum Gasteiger partial charge on any atom is -0.303 e. The Hall–Kier alpha value is -0.850. The summed E-state index contributed by atoms with van der Waals surface area (Å²) in [5.74, 6) is 1.15. The molecule has 0 aliphatic rings. The summed E-state index contributed by atoms with van der Waals surface area (Å²) < 4.78 is 0. The lowest BCUT2D eigenvalue weighted by molar-refractivity contribution is -0.111. The van der Waals surface area contributed by atoms with Crippen molar-refractivity contribution in [3.8, 4) is 0 Å². The molecule has 0 rings (SSSR count). The topological polar surface area (TPSA) is 17.1 Å². The van der Waals surface area contributed by atoms with Gasteiger partial charge in [0.05, 0.1) is 0 Å². The number of rotatable bonds is 22. The van der Waals surface area contributed by atoms with Gasteiger partial charge in [0.1, 0.15) is 6.29 Å². The zero-order valence-electron chi connectivity index (χ0n) is 20.2. The fourth-order valence-corrected chi connectivity index (χ4v) is 3.81. The molecule has 0 saturated heterocycles. The molecule has 0 fully saturated rings. The summed E-state index contributed by atoms with van der Waals surface area (Å²) in [5, 5.41) is 0. The molecule has 29 heavy (non-hydrogen) atoms. The molecule has 1 nitrogen and oxygen atoms in total. The zero-order valence-corrected chi connectivity index (χ0v) is 20.2. The van der Waals surface area contributed by atoms with E-state index >= 15 is 0 Å². The van der Waals surface area contributed by atoms with Crippen molar-refractivity contribution in [2.75, 3.05) is 0 Å². The Labute approximate surface area is 183 Å². The average molecular weight is 405 g/mol. The smallest absolute Gasteiger partial charge is 0.123 e. The van der Waals surface area contributed by atoms with Gasteiger partial charge in [0.25, 0.3) is 0 Å².